The third-order valence-corrected chi connectivity index (χ3v) is 3.53. The lowest BCUT2D eigenvalue weighted by Crippen LogP contribution is -2.59. The van der Waals surface area contributed by atoms with Gasteiger partial charge in [-0.3, -0.25) is 4.79 Å². The SMILES string of the molecule is COC1CCCC(NCCN(C)C)(C(N)=O)C1. The van der Waals surface area contributed by atoms with Crippen LogP contribution in [0.1, 0.15) is 25.7 Å². The van der Waals surface area contributed by atoms with Crippen LogP contribution in [-0.4, -0.2) is 56.7 Å². The quantitative estimate of drug-likeness (QED) is 0.686. The van der Waals surface area contributed by atoms with Crippen molar-refractivity contribution in [2.75, 3.05) is 34.3 Å². The Morgan fingerprint density at radius 1 is 1.59 bits per heavy atom. The minimum atomic E-state index is -0.574. The predicted molar refractivity (Wildman–Crippen MR) is 67.7 cm³/mol. The van der Waals surface area contributed by atoms with E-state index >= 15 is 0 Å². The monoisotopic (exact) mass is 243 g/mol. The van der Waals surface area contributed by atoms with Gasteiger partial charge >= 0.3 is 0 Å². The number of carbonyl (C=O) groups excluding carboxylic acids is 1. The van der Waals surface area contributed by atoms with E-state index in [1.54, 1.807) is 7.11 Å². The first-order valence-corrected chi connectivity index (χ1v) is 6.22. The Bertz CT molecular complexity index is 258. The van der Waals surface area contributed by atoms with Gasteiger partial charge in [-0.15, -0.1) is 0 Å². The number of primary amides is 1. The van der Waals surface area contributed by atoms with Crippen LogP contribution in [-0.2, 0) is 9.53 Å². The molecule has 1 saturated carbocycles. The number of ether oxygens (including phenoxy) is 1. The average molecular weight is 243 g/mol. The van der Waals surface area contributed by atoms with Crippen LogP contribution in [0.4, 0.5) is 0 Å². The summed E-state index contributed by atoms with van der Waals surface area (Å²) in [4.78, 5) is 13.8. The first kappa shape index (κ1) is 14.4. The highest BCUT2D eigenvalue weighted by atomic mass is 16.5. The van der Waals surface area contributed by atoms with Gasteiger partial charge in [0.15, 0.2) is 0 Å². The fraction of sp³-hybridized carbons (Fsp3) is 0.917. The normalized spacial score (nSPS) is 29.5. The largest absolute Gasteiger partial charge is 0.381 e. The topological polar surface area (TPSA) is 67.6 Å². The van der Waals surface area contributed by atoms with Gasteiger partial charge in [-0.1, -0.05) is 0 Å². The summed E-state index contributed by atoms with van der Waals surface area (Å²) in [6.07, 6.45) is 3.64. The molecule has 100 valence electrons. The molecule has 0 bridgehead atoms. The minimum absolute atomic E-state index is 0.142. The number of likely N-dealkylation sites (N-methyl/N-ethyl adjacent to an activating group) is 1. The molecule has 5 heteroatoms. The van der Waals surface area contributed by atoms with Crippen LogP contribution in [0, 0.1) is 0 Å². The highest BCUT2D eigenvalue weighted by molar-refractivity contribution is 5.84. The van der Waals surface area contributed by atoms with E-state index < -0.39 is 5.54 Å². The van der Waals surface area contributed by atoms with E-state index in [9.17, 15) is 4.79 Å². The second-order valence-electron chi connectivity index (χ2n) is 5.13. The van der Waals surface area contributed by atoms with Gasteiger partial charge in [-0.25, -0.2) is 0 Å². The molecule has 0 aliphatic heterocycles. The molecule has 1 fully saturated rings. The van der Waals surface area contributed by atoms with E-state index in [2.05, 4.69) is 10.2 Å². The van der Waals surface area contributed by atoms with Crippen LogP contribution in [0.2, 0.25) is 0 Å². The molecule has 0 aromatic carbocycles. The molecule has 0 radical (unpaired) electrons. The Kier molecular flexibility index (Phi) is 5.36. The molecule has 1 aliphatic carbocycles. The molecule has 1 amide bonds. The third-order valence-electron chi connectivity index (χ3n) is 3.53. The summed E-state index contributed by atoms with van der Waals surface area (Å²) >= 11 is 0. The van der Waals surface area contributed by atoms with Crippen molar-refractivity contribution in [1.82, 2.24) is 10.2 Å². The van der Waals surface area contributed by atoms with E-state index in [0.717, 1.165) is 32.4 Å². The van der Waals surface area contributed by atoms with Gasteiger partial charge in [-0.2, -0.15) is 0 Å². The maximum atomic E-state index is 11.7. The molecular formula is C12H25N3O2. The van der Waals surface area contributed by atoms with Crippen LogP contribution in [0.5, 0.6) is 0 Å². The summed E-state index contributed by atoms with van der Waals surface area (Å²) in [5.74, 6) is -0.252. The fourth-order valence-corrected chi connectivity index (χ4v) is 2.42. The second-order valence-corrected chi connectivity index (χ2v) is 5.13. The van der Waals surface area contributed by atoms with Crippen LogP contribution < -0.4 is 11.1 Å². The molecule has 1 rings (SSSR count). The molecule has 0 heterocycles. The van der Waals surface area contributed by atoms with Crippen molar-refractivity contribution < 1.29 is 9.53 Å². The molecule has 0 aromatic rings. The Morgan fingerprint density at radius 3 is 2.82 bits per heavy atom. The van der Waals surface area contributed by atoms with Crippen molar-refractivity contribution in [1.29, 1.82) is 0 Å². The Labute approximate surface area is 104 Å². The lowest BCUT2D eigenvalue weighted by Gasteiger charge is -2.39. The number of carbonyl (C=O) groups is 1. The zero-order valence-corrected chi connectivity index (χ0v) is 11.2. The average Bonchev–Trinajstić information content (AvgIpc) is 2.28. The Balaban J connectivity index is 2.58. The van der Waals surface area contributed by atoms with Crippen molar-refractivity contribution in [3.8, 4) is 0 Å². The number of methoxy groups -OCH3 is 1. The molecule has 0 aromatic heterocycles. The zero-order valence-electron chi connectivity index (χ0n) is 11.2. The van der Waals surface area contributed by atoms with Crippen LogP contribution >= 0.6 is 0 Å². The standard InChI is InChI=1S/C12H25N3O2/c1-15(2)8-7-14-12(11(13)16)6-4-5-10(9-12)17-3/h10,14H,4-9H2,1-3H3,(H2,13,16). The van der Waals surface area contributed by atoms with Gasteiger partial charge < -0.3 is 20.7 Å². The van der Waals surface area contributed by atoms with Crippen molar-refractivity contribution in [3.05, 3.63) is 0 Å². The smallest absolute Gasteiger partial charge is 0.237 e. The van der Waals surface area contributed by atoms with Gasteiger partial charge in [0, 0.05) is 26.6 Å². The van der Waals surface area contributed by atoms with Gasteiger partial charge in [0.25, 0.3) is 0 Å². The highest BCUT2D eigenvalue weighted by Crippen LogP contribution is 2.29. The summed E-state index contributed by atoms with van der Waals surface area (Å²) in [6.45, 7) is 1.67. The Hall–Kier alpha value is -0.650. The predicted octanol–water partition coefficient (Wildman–Crippen LogP) is -0.0493. The number of nitrogens with zero attached hydrogens (tertiary/aromatic N) is 1. The maximum absolute atomic E-state index is 11.7. The molecule has 1 aliphatic rings. The first-order chi connectivity index (χ1) is 8.00. The second kappa shape index (κ2) is 6.33. The highest BCUT2D eigenvalue weighted by Gasteiger charge is 2.41. The Morgan fingerprint density at radius 2 is 2.29 bits per heavy atom. The number of hydrogen-bond donors (Lipinski definition) is 2. The van der Waals surface area contributed by atoms with Crippen molar-refractivity contribution >= 4 is 5.91 Å². The lowest BCUT2D eigenvalue weighted by molar-refractivity contribution is -0.128. The van der Waals surface area contributed by atoms with Crippen LogP contribution in [0.25, 0.3) is 0 Å². The van der Waals surface area contributed by atoms with E-state index in [0.29, 0.717) is 6.42 Å². The number of nitrogens with one attached hydrogen (secondary N) is 1. The molecule has 3 N–H and O–H groups in total. The molecular weight excluding hydrogens is 218 g/mol. The first-order valence-electron chi connectivity index (χ1n) is 6.22. The van der Waals surface area contributed by atoms with E-state index in [1.807, 2.05) is 14.1 Å². The molecule has 2 unspecified atom stereocenters. The van der Waals surface area contributed by atoms with Gasteiger partial charge in [0.2, 0.25) is 5.91 Å². The van der Waals surface area contributed by atoms with Gasteiger partial charge in [-0.05, 0) is 33.4 Å². The molecule has 0 saturated heterocycles. The fourth-order valence-electron chi connectivity index (χ4n) is 2.42. The van der Waals surface area contributed by atoms with Crippen LogP contribution in [0.3, 0.4) is 0 Å². The van der Waals surface area contributed by atoms with Crippen molar-refractivity contribution in [2.24, 2.45) is 5.73 Å². The molecule has 0 spiro atoms. The van der Waals surface area contributed by atoms with E-state index in [1.165, 1.54) is 0 Å². The van der Waals surface area contributed by atoms with Gasteiger partial charge in [0.1, 0.15) is 5.54 Å². The summed E-state index contributed by atoms with van der Waals surface area (Å²) in [6, 6.07) is 0. The molecule has 5 nitrogen and oxygen atoms in total. The number of nitrogens with two attached hydrogens (primary N) is 1. The van der Waals surface area contributed by atoms with Crippen molar-refractivity contribution in [3.63, 3.8) is 0 Å². The van der Waals surface area contributed by atoms with Crippen LogP contribution in [0.15, 0.2) is 0 Å². The maximum Gasteiger partial charge on any atom is 0.237 e. The number of hydrogen-bond acceptors (Lipinski definition) is 4. The lowest BCUT2D eigenvalue weighted by atomic mass is 9.79. The molecule has 2 atom stereocenters. The number of amides is 1. The molecule has 17 heavy (non-hydrogen) atoms. The number of rotatable bonds is 6. The minimum Gasteiger partial charge on any atom is -0.381 e. The third kappa shape index (κ3) is 3.94. The van der Waals surface area contributed by atoms with E-state index in [4.69, 9.17) is 10.5 Å². The van der Waals surface area contributed by atoms with Crippen molar-refractivity contribution in [2.45, 2.75) is 37.3 Å². The van der Waals surface area contributed by atoms with Gasteiger partial charge in [0.05, 0.1) is 6.10 Å². The summed E-state index contributed by atoms with van der Waals surface area (Å²) in [5.41, 5.74) is 4.99. The summed E-state index contributed by atoms with van der Waals surface area (Å²) in [5, 5.41) is 3.33. The zero-order chi connectivity index (χ0) is 12.9. The van der Waals surface area contributed by atoms with E-state index in [-0.39, 0.29) is 12.0 Å². The summed E-state index contributed by atoms with van der Waals surface area (Å²) < 4.78 is 5.37. The summed E-state index contributed by atoms with van der Waals surface area (Å²) in [7, 11) is 5.72.